The first kappa shape index (κ1) is 52.4. The zero-order valence-corrected chi connectivity index (χ0v) is 55.3. The molecule has 0 fully saturated rings. The summed E-state index contributed by atoms with van der Waals surface area (Å²) in [5.74, 6) is -1.34. The molecule has 4 aromatic heterocycles. The lowest BCUT2D eigenvalue weighted by Gasteiger charge is -2.24. The van der Waals surface area contributed by atoms with Crippen LogP contribution >= 0.6 is 63.7 Å². The number of H-pyrrole nitrogens is 4. The van der Waals surface area contributed by atoms with Gasteiger partial charge in [-0.15, -0.1) is 0 Å². The monoisotopic (exact) mass is 1430 g/mol. The number of rotatable bonds is 4. The van der Waals surface area contributed by atoms with Crippen LogP contribution < -0.4 is 0 Å². The van der Waals surface area contributed by atoms with E-state index in [-0.39, 0.29) is 23.7 Å². The van der Waals surface area contributed by atoms with Gasteiger partial charge in [0.15, 0.2) is 0 Å². The Balaban J connectivity index is 1.00. The topological polar surface area (TPSA) is 63.2 Å². The molecule has 0 radical (unpaired) electrons. The van der Waals surface area contributed by atoms with Crippen LogP contribution in [0.5, 0.6) is 0 Å². The number of hydrogen-bond donors (Lipinski definition) is 4. The molecule has 5 aliphatic carbocycles. The first-order valence-electron chi connectivity index (χ1n) is 31.5. The average molecular weight is 1430 g/mol. The van der Waals surface area contributed by atoms with Crippen LogP contribution in [0.2, 0.25) is 0 Å². The largest absolute Gasteiger partial charge is 0.360 e. The van der Waals surface area contributed by atoms with E-state index in [2.05, 4.69) is 326 Å². The Morgan fingerprint density at radius 2 is 0.337 bits per heavy atom. The molecule has 0 atom stereocenters. The summed E-state index contributed by atoms with van der Waals surface area (Å²) in [4.78, 5) is 18.4. The third-order valence-electron chi connectivity index (χ3n) is 21.1. The van der Waals surface area contributed by atoms with Crippen molar-refractivity contribution in [3.8, 4) is 89.0 Å². The molecule has 4 nitrogen and oxygen atoms in total. The van der Waals surface area contributed by atoms with Gasteiger partial charge in [-0.05, 0) is 158 Å². The molecule has 5 aliphatic rings. The van der Waals surface area contributed by atoms with Crippen molar-refractivity contribution in [2.75, 3.05) is 0 Å². The van der Waals surface area contributed by atoms with E-state index < -0.39 is 0 Å². The van der Waals surface area contributed by atoms with Crippen molar-refractivity contribution in [3.63, 3.8) is 0 Å². The Bertz CT molecular complexity index is 4960. The van der Waals surface area contributed by atoms with Crippen LogP contribution in [0.1, 0.15) is 91.5 Å². The molecule has 0 saturated carbocycles. The second-order valence-electron chi connectivity index (χ2n) is 25.6. The van der Waals surface area contributed by atoms with E-state index in [0.29, 0.717) is 0 Å². The molecular weight excluding hydrogens is 1380 g/mol. The van der Waals surface area contributed by atoms with E-state index in [4.69, 9.17) is 0 Å². The maximum absolute atomic E-state index is 4.59. The Morgan fingerprint density at radius 1 is 0.185 bits per heavy atom. The first-order chi connectivity index (χ1) is 45.3. The van der Waals surface area contributed by atoms with Crippen LogP contribution in [0.3, 0.4) is 0 Å². The van der Waals surface area contributed by atoms with E-state index >= 15 is 0 Å². The Labute approximate surface area is 563 Å². The van der Waals surface area contributed by atoms with Crippen molar-refractivity contribution in [1.82, 2.24) is 19.9 Å². The van der Waals surface area contributed by atoms with Crippen LogP contribution in [0.25, 0.3) is 132 Å². The summed E-state index contributed by atoms with van der Waals surface area (Å²) >= 11 is 15.7. The van der Waals surface area contributed by atoms with E-state index in [1.54, 1.807) is 0 Å². The van der Waals surface area contributed by atoms with Gasteiger partial charge in [-0.25, -0.2) is 0 Å². The molecule has 21 rings (SSSR count). The molecule has 0 saturated heterocycles. The molecule has 0 amide bonds. The van der Waals surface area contributed by atoms with Gasteiger partial charge in [0.25, 0.3) is 0 Å². The first-order valence-corrected chi connectivity index (χ1v) is 34.6. The van der Waals surface area contributed by atoms with Gasteiger partial charge in [0.1, 0.15) is 0 Å². The minimum Gasteiger partial charge on any atom is -0.360 e. The second kappa shape index (κ2) is 19.2. The normalized spacial score (nSPS) is 16.5. The summed E-state index contributed by atoms with van der Waals surface area (Å²) in [6.45, 7) is 0. The van der Waals surface area contributed by atoms with Gasteiger partial charge in [-0.2, -0.15) is 0 Å². The Kier molecular flexibility index (Phi) is 10.9. The minimum absolute atomic E-state index is 0.334. The lowest BCUT2D eigenvalue weighted by Crippen LogP contribution is -2.12. The van der Waals surface area contributed by atoms with Gasteiger partial charge in [-0.3, -0.25) is 0 Å². The summed E-state index contributed by atoms with van der Waals surface area (Å²) in [6.07, 6.45) is 0. The zero-order valence-electron chi connectivity index (χ0n) is 48.9. The quantitative estimate of drug-likeness (QED) is 0.136. The standard InChI is InChI=1S/C84H48Br4N4/c85-49-33-25-45(26-34-49)65-77-69-53-17-1-9-41-10-2-18-54(61(41)53)70(69)78(89-77)66(46-27-35-50(86)36-28-46)80-73-57-21-5-13-43-14-6-22-58(63(43)57)74(73)82(91-80)68(48-31-39-52(88)40-32-48)84-76-60-24-8-16-44-15-7-23-59(64(44)60)75(76)83(92-84)67(47-29-37-51(87)38-30-47)81-72-56-20-4-12-42-11-3-19-55(62(42)56)71(72)79(65)90-81/h1-40,65-68,89-92H. The lowest BCUT2D eigenvalue weighted by atomic mass is 9.83. The molecule has 8 bridgehead atoms. The number of halogens is 4. The molecular formula is C84H48Br4N4. The highest BCUT2D eigenvalue weighted by molar-refractivity contribution is 9.11. The van der Waals surface area contributed by atoms with Crippen molar-refractivity contribution in [2.45, 2.75) is 23.7 Å². The van der Waals surface area contributed by atoms with Crippen LogP contribution in [0.4, 0.5) is 0 Å². The van der Waals surface area contributed by atoms with E-state index in [9.17, 15) is 0 Å². The highest BCUT2D eigenvalue weighted by atomic mass is 79.9. The van der Waals surface area contributed by atoms with Gasteiger partial charge >= 0.3 is 0 Å². The maximum Gasteiger partial charge on any atom is 0.0654 e. The van der Waals surface area contributed by atoms with Crippen LogP contribution in [-0.2, 0) is 0 Å². The minimum atomic E-state index is -0.334. The van der Waals surface area contributed by atoms with Gasteiger partial charge in [0, 0.05) is 108 Å². The summed E-state index contributed by atoms with van der Waals surface area (Å²) in [5.41, 5.74) is 33.9. The summed E-state index contributed by atoms with van der Waals surface area (Å²) in [5, 5.41) is 10.1. The SMILES string of the molecule is Brc1ccc(C2c3[nH]c(c4c3-c3cccc5cccc-4c35)C(c3ccc(Br)cc3)c3[nH]c(c4c3-c3cccc5cccc-4c35)C(c3ccc(Br)cc3)c3[nH]c(c4c3-c3cccc5cccc-4c35)C(c3ccc(Br)cc3)c3[nH]c2c2c3-c3cccc4cccc-2c34)cc1. The van der Waals surface area contributed by atoms with Gasteiger partial charge < -0.3 is 19.9 Å². The van der Waals surface area contributed by atoms with Crippen LogP contribution in [0, 0.1) is 0 Å². The number of aromatic amines is 4. The highest BCUT2D eigenvalue weighted by Crippen LogP contribution is 2.65. The van der Waals surface area contributed by atoms with Crippen LogP contribution in [-0.4, -0.2) is 19.9 Å². The fourth-order valence-electron chi connectivity index (χ4n) is 17.7. The lowest BCUT2D eigenvalue weighted by molar-refractivity contribution is 0.813. The molecule has 16 aromatic rings. The molecule has 12 aromatic carbocycles. The Morgan fingerprint density at radius 3 is 0.489 bits per heavy atom. The van der Waals surface area contributed by atoms with Gasteiger partial charge in [0.05, 0.1) is 23.7 Å². The molecule has 0 unspecified atom stereocenters. The van der Waals surface area contributed by atoms with Crippen molar-refractivity contribution >= 4 is 107 Å². The number of hydrogen-bond acceptors (Lipinski definition) is 0. The number of benzene rings is 12. The molecule has 4 heterocycles. The van der Waals surface area contributed by atoms with Crippen molar-refractivity contribution < 1.29 is 0 Å². The average Bonchev–Trinajstić information content (AvgIpc) is 1.53. The van der Waals surface area contributed by atoms with Crippen molar-refractivity contribution in [1.29, 1.82) is 0 Å². The van der Waals surface area contributed by atoms with Crippen molar-refractivity contribution in [2.24, 2.45) is 0 Å². The summed E-state index contributed by atoms with van der Waals surface area (Å²) in [6, 6.07) is 92.2. The molecule has 4 N–H and O–H groups in total. The highest BCUT2D eigenvalue weighted by Gasteiger charge is 2.46. The van der Waals surface area contributed by atoms with Crippen LogP contribution in [0.15, 0.2) is 261 Å². The number of nitrogens with one attached hydrogen (secondary N) is 4. The van der Waals surface area contributed by atoms with Gasteiger partial charge in [-0.1, -0.05) is 258 Å². The molecule has 0 aliphatic heterocycles. The zero-order chi connectivity index (χ0) is 60.5. The smallest absolute Gasteiger partial charge is 0.0654 e. The molecule has 0 spiro atoms. The predicted octanol–water partition coefficient (Wildman–Crippen LogP) is 24.3. The van der Waals surface area contributed by atoms with E-state index in [0.717, 1.165) is 63.4 Å². The summed E-state index contributed by atoms with van der Waals surface area (Å²) in [7, 11) is 0. The van der Waals surface area contributed by atoms with Gasteiger partial charge in [0.2, 0.25) is 0 Å². The summed E-state index contributed by atoms with van der Waals surface area (Å²) < 4.78 is 4.13. The maximum atomic E-state index is 4.59. The van der Waals surface area contributed by atoms with E-state index in [1.165, 1.54) is 154 Å². The molecule has 8 heteroatoms. The predicted molar refractivity (Wildman–Crippen MR) is 391 cm³/mol. The fraction of sp³-hybridized carbons (Fsp3) is 0.0476. The van der Waals surface area contributed by atoms with Crippen molar-refractivity contribution in [3.05, 3.63) is 328 Å². The molecule has 432 valence electrons. The van der Waals surface area contributed by atoms with E-state index in [1.807, 2.05) is 0 Å². The number of aromatic nitrogens is 4. The second-order valence-corrected chi connectivity index (χ2v) is 29.2. The third kappa shape index (κ3) is 7.00. The molecule has 92 heavy (non-hydrogen) atoms. The Hall–Kier alpha value is -9.28. The fourth-order valence-corrected chi connectivity index (χ4v) is 18.7. The third-order valence-corrected chi connectivity index (χ3v) is 23.2.